The highest BCUT2D eigenvalue weighted by Gasteiger charge is 2.32. The average Bonchev–Trinajstić information content (AvgIpc) is 2.75. The van der Waals surface area contributed by atoms with E-state index in [2.05, 4.69) is 11.9 Å². The molecule has 3 nitrogen and oxygen atoms in total. The van der Waals surface area contributed by atoms with Crippen LogP contribution in [0.15, 0.2) is 24.4 Å². The molecule has 88 valence electrons. The van der Waals surface area contributed by atoms with E-state index in [1.54, 1.807) is 6.20 Å². The molecule has 1 aliphatic heterocycles. The Morgan fingerprint density at radius 2 is 2.31 bits per heavy atom. The van der Waals surface area contributed by atoms with Gasteiger partial charge in [0.25, 0.3) is 0 Å². The van der Waals surface area contributed by atoms with Gasteiger partial charge in [-0.2, -0.15) is 0 Å². The third kappa shape index (κ3) is 2.42. The second-order valence-electron chi connectivity index (χ2n) is 4.67. The summed E-state index contributed by atoms with van der Waals surface area (Å²) in [6.45, 7) is 4.74. The molecule has 16 heavy (non-hydrogen) atoms. The molecule has 2 rings (SSSR count). The zero-order chi connectivity index (χ0) is 11.5. The van der Waals surface area contributed by atoms with Gasteiger partial charge in [-0.25, -0.2) is 0 Å². The van der Waals surface area contributed by atoms with E-state index in [4.69, 9.17) is 4.74 Å². The molecule has 1 aromatic rings. The number of hydrogen-bond donors (Lipinski definition) is 1. The largest absolute Gasteiger partial charge is 0.392 e. The molecule has 1 aromatic heterocycles. The van der Waals surface area contributed by atoms with Crippen LogP contribution in [0.3, 0.4) is 0 Å². The van der Waals surface area contributed by atoms with Crippen molar-refractivity contribution >= 4 is 0 Å². The Bertz CT molecular complexity index is 328. The summed E-state index contributed by atoms with van der Waals surface area (Å²) < 4.78 is 5.49. The van der Waals surface area contributed by atoms with Gasteiger partial charge in [-0.1, -0.05) is 13.0 Å². The van der Waals surface area contributed by atoms with Crippen molar-refractivity contribution in [2.24, 2.45) is 5.92 Å². The predicted molar refractivity (Wildman–Crippen MR) is 62.2 cm³/mol. The van der Waals surface area contributed by atoms with Crippen LogP contribution in [0.25, 0.3) is 0 Å². The molecule has 0 spiro atoms. The van der Waals surface area contributed by atoms with E-state index >= 15 is 0 Å². The summed E-state index contributed by atoms with van der Waals surface area (Å²) in [5, 5.41) is 10.3. The van der Waals surface area contributed by atoms with Gasteiger partial charge < -0.3 is 9.84 Å². The summed E-state index contributed by atoms with van der Waals surface area (Å²) in [6, 6.07) is 5.82. The number of aliphatic hydroxyl groups excluding tert-OH is 1. The molecule has 0 saturated carbocycles. The van der Waals surface area contributed by atoms with Gasteiger partial charge in [0.15, 0.2) is 0 Å². The van der Waals surface area contributed by atoms with E-state index in [9.17, 15) is 5.11 Å². The minimum Gasteiger partial charge on any atom is -0.392 e. The van der Waals surface area contributed by atoms with Gasteiger partial charge in [-0.15, -0.1) is 0 Å². The maximum Gasteiger partial charge on any atom is 0.0672 e. The smallest absolute Gasteiger partial charge is 0.0672 e. The summed E-state index contributed by atoms with van der Waals surface area (Å²) in [5.41, 5.74) is 0.953. The van der Waals surface area contributed by atoms with Crippen LogP contribution in [0.2, 0.25) is 0 Å². The number of nitrogens with zero attached hydrogens (tertiary/aromatic N) is 1. The van der Waals surface area contributed by atoms with Crippen molar-refractivity contribution in [1.29, 1.82) is 0 Å². The Morgan fingerprint density at radius 3 is 2.88 bits per heavy atom. The first kappa shape index (κ1) is 11.6. The minimum atomic E-state index is -0.361. The minimum absolute atomic E-state index is 0.0695. The number of pyridine rings is 1. The van der Waals surface area contributed by atoms with E-state index in [0.717, 1.165) is 12.1 Å². The van der Waals surface area contributed by atoms with Crippen LogP contribution in [0, 0.1) is 5.92 Å². The van der Waals surface area contributed by atoms with Gasteiger partial charge in [0.2, 0.25) is 0 Å². The first-order valence-corrected chi connectivity index (χ1v) is 5.89. The van der Waals surface area contributed by atoms with Crippen molar-refractivity contribution in [3.05, 3.63) is 30.1 Å². The Hall–Kier alpha value is -0.930. The molecule has 2 heterocycles. The Balaban J connectivity index is 2.02. The van der Waals surface area contributed by atoms with Crippen molar-refractivity contribution in [2.45, 2.75) is 38.4 Å². The summed E-state index contributed by atoms with van der Waals surface area (Å²) in [4.78, 5) is 4.29. The second-order valence-corrected chi connectivity index (χ2v) is 4.67. The summed E-state index contributed by atoms with van der Waals surface area (Å²) in [5.74, 6) is 0.312. The van der Waals surface area contributed by atoms with E-state index in [0.29, 0.717) is 6.61 Å². The first-order valence-electron chi connectivity index (χ1n) is 5.89. The summed E-state index contributed by atoms with van der Waals surface area (Å²) >= 11 is 0. The van der Waals surface area contributed by atoms with Gasteiger partial charge in [0.05, 0.1) is 18.8 Å². The second kappa shape index (κ2) is 4.93. The number of hydrogen-bond acceptors (Lipinski definition) is 3. The van der Waals surface area contributed by atoms with Crippen LogP contribution < -0.4 is 0 Å². The molecule has 0 radical (unpaired) electrons. The van der Waals surface area contributed by atoms with Crippen LogP contribution in [0.1, 0.15) is 31.9 Å². The van der Waals surface area contributed by atoms with Gasteiger partial charge in [-0.3, -0.25) is 4.98 Å². The lowest BCUT2D eigenvalue weighted by molar-refractivity contribution is 0.0661. The highest BCUT2D eigenvalue weighted by Crippen LogP contribution is 2.29. The standard InChI is InChI=1S/C13H19NO2/c1-9-7-11(8-16-9)13(15)10(2)12-5-3-4-6-14-12/h3-6,9-11,13,15H,7-8H2,1-2H3. The van der Waals surface area contributed by atoms with Gasteiger partial charge in [-0.05, 0) is 25.5 Å². The molecule has 0 aromatic carbocycles. The van der Waals surface area contributed by atoms with Crippen molar-refractivity contribution in [1.82, 2.24) is 4.98 Å². The van der Waals surface area contributed by atoms with E-state index in [-0.39, 0.29) is 24.0 Å². The summed E-state index contributed by atoms with van der Waals surface area (Å²) in [7, 11) is 0. The molecule has 0 bridgehead atoms. The maximum absolute atomic E-state index is 10.3. The van der Waals surface area contributed by atoms with Crippen molar-refractivity contribution in [2.75, 3.05) is 6.61 Å². The highest BCUT2D eigenvalue weighted by atomic mass is 16.5. The summed E-state index contributed by atoms with van der Waals surface area (Å²) in [6.07, 6.45) is 2.63. The van der Waals surface area contributed by atoms with E-state index in [1.165, 1.54) is 0 Å². The van der Waals surface area contributed by atoms with Crippen molar-refractivity contribution < 1.29 is 9.84 Å². The van der Waals surface area contributed by atoms with Crippen molar-refractivity contribution in [3.63, 3.8) is 0 Å². The number of aliphatic hydroxyl groups is 1. The zero-order valence-electron chi connectivity index (χ0n) is 9.84. The van der Waals surface area contributed by atoms with Gasteiger partial charge in [0, 0.05) is 23.7 Å². The Labute approximate surface area is 96.5 Å². The van der Waals surface area contributed by atoms with Crippen LogP contribution in [-0.2, 0) is 4.74 Å². The number of ether oxygens (including phenoxy) is 1. The third-order valence-electron chi connectivity index (χ3n) is 3.38. The molecule has 0 aliphatic carbocycles. The quantitative estimate of drug-likeness (QED) is 0.848. The first-order chi connectivity index (χ1) is 7.68. The topological polar surface area (TPSA) is 42.4 Å². The molecule has 1 saturated heterocycles. The van der Waals surface area contributed by atoms with Crippen molar-refractivity contribution in [3.8, 4) is 0 Å². The molecule has 4 atom stereocenters. The normalized spacial score (nSPS) is 28.9. The Morgan fingerprint density at radius 1 is 1.50 bits per heavy atom. The van der Waals surface area contributed by atoms with Crippen LogP contribution in [-0.4, -0.2) is 28.9 Å². The maximum atomic E-state index is 10.3. The predicted octanol–water partition coefficient (Wildman–Crippen LogP) is 1.97. The van der Waals surface area contributed by atoms with Gasteiger partial charge in [0.1, 0.15) is 0 Å². The van der Waals surface area contributed by atoms with Crippen LogP contribution >= 0.6 is 0 Å². The number of aromatic nitrogens is 1. The lowest BCUT2D eigenvalue weighted by Crippen LogP contribution is -2.27. The van der Waals surface area contributed by atoms with Crippen LogP contribution in [0.5, 0.6) is 0 Å². The fourth-order valence-corrected chi connectivity index (χ4v) is 2.32. The van der Waals surface area contributed by atoms with Gasteiger partial charge >= 0.3 is 0 Å². The fourth-order valence-electron chi connectivity index (χ4n) is 2.32. The lowest BCUT2D eigenvalue weighted by atomic mass is 9.88. The molecule has 1 N–H and O–H groups in total. The molecule has 4 unspecified atom stereocenters. The molecular weight excluding hydrogens is 202 g/mol. The molecular formula is C13H19NO2. The average molecular weight is 221 g/mol. The Kier molecular flexibility index (Phi) is 3.56. The SMILES string of the molecule is CC1CC(C(O)C(C)c2ccccn2)CO1. The van der Waals surface area contributed by atoms with E-state index in [1.807, 2.05) is 25.1 Å². The lowest BCUT2D eigenvalue weighted by Gasteiger charge is -2.23. The van der Waals surface area contributed by atoms with Crippen LogP contribution in [0.4, 0.5) is 0 Å². The number of rotatable bonds is 3. The fraction of sp³-hybridized carbons (Fsp3) is 0.615. The molecule has 1 fully saturated rings. The highest BCUT2D eigenvalue weighted by molar-refractivity contribution is 5.10. The molecule has 1 aliphatic rings. The molecule has 3 heteroatoms. The molecule has 0 amide bonds. The third-order valence-corrected chi connectivity index (χ3v) is 3.38. The van der Waals surface area contributed by atoms with E-state index < -0.39 is 0 Å². The monoisotopic (exact) mass is 221 g/mol. The zero-order valence-corrected chi connectivity index (χ0v) is 9.84.